The van der Waals surface area contributed by atoms with E-state index in [1.165, 1.54) is 12.8 Å². The molecule has 0 saturated carbocycles. The minimum absolute atomic E-state index is 0.397. The molecule has 2 heteroatoms. The number of rotatable bonds is 3. The highest BCUT2D eigenvalue weighted by molar-refractivity contribution is 7.39. The second-order valence-corrected chi connectivity index (χ2v) is 6.15. The Balaban J connectivity index is 3.58. The molecule has 0 N–H and O–H groups in total. The van der Waals surface area contributed by atoms with Crippen molar-refractivity contribution in [1.82, 2.24) is 0 Å². The summed E-state index contributed by atoms with van der Waals surface area (Å²) in [6, 6.07) is 0. The Labute approximate surface area is 63.6 Å². The Bertz CT molecular complexity index is 77.0. The smallest absolute Gasteiger partial charge is 0.000720 e. The van der Waals surface area contributed by atoms with Gasteiger partial charge in [0.15, 0.2) is 0 Å². The zero-order chi connectivity index (χ0) is 7.49. The van der Waals surface area contributed by atoms with Gasteiger partial charge in [-0.2, -0.15) is 0 Å². The van der Waals surface area contributed by atoms with Gasteiger partial charge in [0.1, 0.15) is 0 Å². The van der Waals surface area contributed by atoms with Crippen LogP contribution in [-0.4, -0.2) is 4.90 Å². The summed E-state index contributed by atoms with van der Waals surface area (Å²) >= 11 is 0. The van der Waals surface area contributed by atoms with Crippen molar-refractivity contribution in [2.45, 2.75) is 38.5 Å². The molecule has 0 radical (unpaired) electrons. The lowest BCUT2D eigenvalue weighted by Crippen LogP contribution is -2.12. The van der Waals surface area contributed by atoms with Crippen LogP contribution in [0, 0.1) is 5.92 Å². The first-order chi connectivity index (χ1) is 3.98. The molecular weight excluding hydrogens is 146 g/mol. The minimum Gasteiger partial charge on any atom is -0.127 e. The summed E-state index contributed by atoms with van der Waals surface area (Å²) in [5, 5.41) is 0. The average molecular weight is 164 g/mol. The van der Waals surface area contributed by atoms with E-state index in [9.17, 15) is 0 Å². The molecule has 0 aromatic carbocycles. The summed E-state index contributed by atoms with van der Waals surface area (Å²) in [6.45, 7) is 6.75. The fourth-order valence-corrected chi connectivity index (χ4v) is 1.85. The topological polar surface area (TPSA) is 0 Å². The molecule has 0 fully saturated rings. The van der Waals surface area contributed by atoms with E-state index >= 15 is 0 Å². The van der Waals surface area contributed by atoms with E-state index < -0.39 is 0 Å². The summed E-state index contributed by atoms with van der Waals surface area (Å²) in [6.07, 6.45) is 2.50. The lowest BCUT2D eigenvalue weighted by atomic mass is 10.1. The first-order valence-corrected chi connectivity index (χ1v) is 4.71. The summed E-state index contributed by atoms with van der Waals surface area (Å²) in [4.78, 5) is 0.397. The molecule has 0 nitrogen and oxygen atoms in total. The zero-order valence-electron chi connectivity index (χ0n) is 6.65. The van der Waals surface area contributed by atoms with E-state index in [0.29, 0.717) is 4.90 Å². The molecule has 9 heavy (non-hydrogen) atoms. The van der Waals surface area contributed by atoms with Gasteiger partial charge in [-0.05, 0) is 23.7 Å². The zero-order valence-corrected chi connectivity index (χ0v) is 8.96. The number of hydrogen-bond acceptors (Lipinski definition) is 0. The Morgan fingerprint density at radius 3 is 1.89 bits per heavy atom. The lowest BCUT2D eigenvalue weighted by Gasteiger charge is -2.23. The van der Waals surface area contributed by atoms with Crippen LogP contribution in [0.5, 0.6) is 0 Å². The van der Waals surface area contributed by atoms with Crippen LogP contribution >= 0.6 is 18.5 Å². The molecule has 0 heterocycles. The highest BCUT2D eigenvalue weighted by Gasteiger charge is 2.16. The molecule has 0 aromatic rings. The van der Waals surface area contributed by atoms with E-state index in [2.05, 4.69) is 39.3 Å². The summed E-state index contributed by atoms with van der Waals surface area (Å²) in [5.41, 5.74) is 0. The highest BCUT2D eigenvalue weighted by Crippen LogP contribution is 2.36. The van der Waals surface area contributed by atoms with Crippen LogP contribution in [-0.2, 0) is 0 Å². The average Bonchev–Trinajstić information content (AvgIpc) is 1.63. The van der Waals surface area contributed by atoms with Gasteiger partial charge in [-0.1, -0.05) is 20.8 Å². The normalized spacial score (nSPS) is 12.7. The molecular formula is C7H18P2. The van der Waals surface area contributed by atoms with Gasteiger partial charge in [-0.15, -0.1) is 18.5 Å². The minimum atomic E-state index is 0.397. The molecule has 0 rings (SSSR count). The molecule has 0 spiro atoms. The SMILES string of the molecule is CCC(P)(P)CC(C)C. The van der Waals surface area contributed by atoms with Crippen LogP contribution in [0.1, 0.15) is 33.6 Å². The van der Waals surface area contributed by atoms with E-state index in [1.54, 1.807) is 0 Å². The fourth-order valence-electron chi connectivity index (χ4n) is 0.904. The summed E-state index contributed by atoms with van der Waals surface area (Å²) in [7, 11) is 5.80. The van der Waals surface area contributed by atoms with Crippen molar-refractivity contribution in [2.75, 3.05) is 0 Å². The van der Waals surface area contributed by atoms with Crippen molar-refractivity contribution in [3.63, 3.8) is 0 Å². The maximum absolute atomic E-state index is 2.90. The molecule has 0 aliphatic rings. The van der Waals surface area contributed by atoms with Crippen LogP contribution < -0.4 is 0 Å². The van der Waals surface area contributed by atoms with Crippen molar-refractivity contribution < 1.29 is 0 Å². The molecule has 0 bridgehead atoms. The third kappa shape index (κ3) is 5.31. The number of hydrogen-bond donors (Lipinski definition) is 0. The van der Waals surface area contributed by atoms with Gasteiger partial charge < -0.3 is 0 Å². The third-order valence-electron chi connectivity index (χ3n) is 1.45. The van der Waals surface area contributed by atoms with Crippen LogP contribution in [0.4, 0.5) is 0 Å². The molecule has 0 saturated heterocycles. The quantitative estimate of drug-likeness (QED) is 0.562. The monoisotopic (exact) mass is 164 g/mol. The third-order valence-corrected chi connectivity index (χ3v) is 2.73. The van der Waals surface area contributed by atoms with E-state index in [1.807, 2.05) is 0 Å². The Morgan fingerprint density at radius 1 is 1.33 bits per heavy atom. The molecule has 0 aliphatic carbocycles. The summed E-state index contributed by atoms with van der Waals surface area (Å²) in [5.74, 6) is 0.806. The van der Waals surface area contributed by atoms with Gasteiger partial charge in [0, 0.05) is 0 Å². The Kier molecular flexibility index (Phi) is 4.26. The van der Waals surface area contributed by atoms with Gasteiger partial charge >= 0.3 is 0 Å². The molecule has 2 unspecified atom stereocenters. The van der Waals surface area contributed by atoms with E-state index in [0.717, 1.165) is 5.92 Å². The second-order valence-electron chi connectivity index (χ2n) is 3.18. The largest absolute Gasteiger partial charge is 0.127 e. The fraction of sp³-hybridized carbons (Fsp3) is 1.00. The summed E-state index contributed by atoms with van der Waals surface area (Å²) < 4.78 is 0. The molecule has 0 aromatic heterocycles. The van der Waals surface area contributed by atoms with Gasteiger partial charge in [0.25, 0.3) is 0 Å². The Morgan fingerprint density at radius 2 is 1.78 bits per heavy atom. The van der Waals surface area contributed by atoms with Gasteiger partial charge in [-0.25, -0.2) is 0 Å². The first kappa shape index (κ1) is 9.86. The standard InChI is InChI=1S/C7H18P2/c1-4-7(8,9)5-6(2)3/h6H,4-5,8-9H2,1-3H3. The molecule has 2 atom stereocenters. The molecule has 0 aliphatic heterocycles. The Hall–Kier alpha value is 0.860. The maximum Gasteiger partial charge on any atom is -0.000720 e. The van der Waals surface area contributed by atoms with Crippen molar-refractivity contribution >= 4 is 18.5 Å². The van der Waals surface area contributed by atoms with Crippen molar-refractivity contribution in [3.8, 4) is 0 Å². The van der Waals surface area contributed by atoms with Crippen LogP contribution in [0.3, 0.4) is 0 Å². The van der Waals surface area contributed by atoms with Crippen molar-refractivity contribution in [3.05, 3.63) is 0 Å². The predicted molar refractivity (Wildman–Crippen MR) is 51.9 cm³/mol. The highest BCUT2D eigenvalue weighted by atomic mass is 31.1. The lowest BCUT2D eigenvalue weighted by molar-refractivity contribution is 0.536. The second kappa shape index (κ2) is 3.89. The van der Waals surface area contributed by atoms with E-state index in [4.69, 9.17) is 0 Å². The predicted octanol–water partition coefficient (Wildman–Crippen LogP) is 2.89. The van der Waals surface area contributed by atoms with Crippen molar-refractivity contribution in [2.24, 2.45) is 5.92 Å². The van der Waals surface area contributed by atoms with Gasteiger partial charge in [-0.3, -0.25) is 0 Å². The maximum atomic E-state index is 2.90. The molecule has 0 amide bonds. The van der Waals surface area contributed by atoms with Crippen molar-refractivity contribution in [1.29, 1.82) is 0 Å². The van der Waals surface area contributed by atoms with Gasteiger partial charge in [0.2, 0.25) is 0 Å². The van der Waals surface area contributed by atoms with E-state index in [-0.39, 0.29) is 0 Å². The van der Waals surface area contributed by atoms with Crippen LogP contribution in [0.2, 0.25) is 0 Å². The van der Waals surface area contributed by atoms with Crippen LogP contribution in [0.15, 0.2) is 0 Å². The van der Waals surface area contributed by atoms with Crippen LogP contribution in [0.25, 0.3) is 0 Å². The molecule has 56 valence electrons. The first-order valence-electron chi connectivity index (χ1n) is 3.55. The van der Waals surface area contributed by atoms with Gasteiger partial charge in [0.05, 0.1) is 0 Å².